The second kappa shape index (κ2) is 17.5. The summed E-state index contributed by atoms with van der Waals surface area (Å²) in [5, 5.41) is 15.3. The Bertz CT molecular complexity index is 5520. The summed E-state index contributed by atoms with van der Waals surface area (Å²) < 4.78 is 10.2. The SMILES string of the molecule is c1ccc(N(c2cccc(-c3ccc4c(c3)c3cccc5c6cc7c(cc6n4c35)c3cccc4c5cc(-c6cccc(N(c8ccccc8)c8cccc9c8sc8ccccc89)c6)ccc5n7c43)c2)c2cccc3c2sc2ccccc23)cc1. The van der Waals surface area contributed by atoms with Gasteiger partial charge in [-0.2, -0.15) is 0 Å². The van der Waals surface area contributed by atoms with Crippen LogP contribution in [-0.2, 0) is 0 Å². The summed E-state index contributed by atoms with van der Waals surface area (Å²) in [6.45, 7) is 0. The van der Waals surface area contributed by atoms with E-state index in [1.54, 1.807) is 0 Å². The Labute approximate surface area is 490 Å². The highest BCUT2D eigenvalue weighted by atomic mass is 32.1. The first-order valence-corrected chi connectivity index (χ1v) is 30.4. The summed E-state index contributed by atoms with van der Waals surface area (Å²) in [7, 11) is 0. The standard InChI is InChI=1S/C78H46N4S2/c1-3-19-51(20-4-1)79(69-33-15-31-61-55-25-7-9-35-73(55)83-77(61)69)53-23-11-17-47(41-53)49-37-39-67-63(43-49)57-27-13-29-59-65-46-72-66(45-71(65)81(67)75(57)59)60-30-14-28-58-64-44-50(38-40-68(64)82(72)76(58)60)48-18-12-24-54(42-48)80(52-21-5-2-6-22-52)70-34-16-32-62-56-26-8-10-36-74(56)84-78(62)70/h1-46H. The zero-order valence-corrected chi connectivity index (χ0v) is 46.8. The molecule has 390 valence electrons. The van der Waals surface area contributed by atoms with Crippen molar-refractivity contribution >= 4 is 173 Å². The van der Waals surface area contributed by atoms with Gasteiger partial charge in [0.05, 0.1) is 53.9 Å². The van der Waals surface area contributed by atoms with Crippen molar-refractivity contribution < 1.29 is 0 Å². The second-order valence-electron chi connectivity index (χ2n) is 22.4. The Morgan fingerprint density at radius 2 is 0.571 bits per heavy atom. The molecule has 0 unspecified atom stereocenters. The van der Waals surface area contributed by atoms with Gasteiger partial charge in [-0.15, -0.1) is 22.7 Å². The number of aromatic nitrogens is 2. The van der Waals surface area contributed by atoms with E-state index < -0.39 is 0 Å². The molecule has 0 fully saturated rings. The number of rotatable bonds is 8. The molecule has 6 heterocycles. The molecule has 19 aromatic rings. The van der Waals surface area contributed by atoms with Crippen molar-refractivity contribution in [2.75, 3.05) is 9.80 Å². The topological polar surface area (TPSA) is 15.3 Å². The van der Waals surface area contributed by atoms with Crippen LogP contribution in [0.25, 0.3) is 139 Å². The largest absolute Gasteiger partial charge is 0.309 e. The van der Waals surface area contributed by atoms with E-state index in [0.717, 1.165) is 22.7 Å². The first kappa shape index (κ1) is 46.1. The number of anilines is 6. The molecule has 13 aromatic carbocycles. The fourth-order valence-corrected chi connectivity index (χ4v) is 16.7. The van der Waals surface area contributed by atoms with Crippen LogP contribution in [0.2, 0.25) is 0 Å². The molecule has 4 nitrogen and oxygen atoms in total. The number of para-hydroxylation sites is 4. The summed E-state index contributed by atoms with van der Waals surface area (Å²) in [5.74, 6) is 0. The first-order chi connectivity index (χ1) is 41.7. The lowest BCUT2D eigenvalue weighted by Crippen LogP contribution is -2.10. The van der Waals surface area contributed by atoms with Crippen LogP contribution in [0.5, 0.6) is 0 Å². The van der Waals surface area contributed by atoms with Crippen molar-refractivity contribution in [2.24, 2.45) is 0 Å². The number of hydrogen-bond acceptors (Lipinski definition) is 4. The maximum absolute atomic E-state index is 2.53. The van der Waals surface area contributed by atoms with E-state index in [1.165, 1.54) is 150 Å². The molecule has 19 rings (SSSR count). The van der Waals surface area contributed by atoms with E-state index in [0.29, 0.717) is 0 Å². The minimum Gasteiger partial charge on any atom is -0.309 e. The van der Waals surface area contributed by atoms with Crippen molar-refractivity contribution in [3.63, 3.8) is 0 Å². The Hall–Kier alpha value is -10.5. The van der Waals surface area contributed by atoms with E-state index >= 15 is 0 Å². The molecular formula is C78H46N4S2. The highest BCUT2D eigenvalue weighted by molar-refractivity contribution is 7.26. The number of benzene rings is 13. The van der Waals surface area contributed by atoms with Gasteiger partial charge in [0.15, 0.2) is 0 Å². The quantitative estimate of drug-likeness (QED) is 0.151. The van der Waals surface area contributed by atoms with Gasteiger partial charge in [0.25, 0.3) is 0 Å². The molecule has 0 N–H and O–H groups in total. The molecule has 6 heteroatoms. The van der Waals surface area contributed by atoms with Gasteiger partial charge in [0.1, 0.15) is 0 Å². The number of fused-ring (bicyclic) bond motifs is 18. The summed E-state index contributed by atoms with van der Waals surface area (Å²) in [4.78, 5) is 4.86. The van der Waals surface area contributed by atoms with Crippen LogP contribution in [0.4, 0.5) is 34.1 Å². The van der Waals surface area contributed by atoms with Crippen molar-refractivity contribution in [3.8, 4) is 22.3 Å². The highest BCUT2D eigenvalue weighted by Crippen LogP contribution is 2.50. The van der Waals surface area contributed by atoms with Gasteiger partial charge in [-0.1, -0.05) is 170 Å². The summed E-state index contributed by atoms with van der Waals surface area (Å²) in [6, 6.07) is 104. The van der Waals surface area contributed by atoms with Crippen molar-refractivity contribution in [1.82, 2.24) is 8.80 Å². The molecule has 0 saturated carbocycles. The van der Waals surface area contributed by atoms with Gasteiger partial charge < -0.3 is 18.6 Å². The lowest BCUT2D eigenvalue weighted by molar-refractivity contribution is 1.30. The van der Waals surface area contributed by atoms with Gasteiger partial charge >= 0.3 is 0 Å². The molecule has 0 spiro atoms. The van der Waals surface area contributed by atoms with Crippen LogP contribution in [0, 0.1) is 0 Å². The average Bonchev–Trinajstić information content (AvgIpc) is 1.95. The maximum atomic E-state index is 2.53. The summed E-state index contributed by atoms with van der Waals surface area (Å²) in [5.41, 5.74) is 19.1. The minimum absolute atomic E-state index is 1.12. The molecule has 0 saturated heterocycles. The predicted molar refractivity (Wildman–Crippen MR) is 362 cm³/mol. The fraction of sp³-hybridized carbons (Fsp3) is 0. The number of hydrogen-bond donors (Lipinski definition) is 0. The van der Waals surface area contributed by atoms with Gasteiger partial charge in [-0.25, -0.2) is 0 Å². The monoisotopic (exact) mass is 1100 g/mol. The zero-order chi connectivity index (χ0) is 54.7. The zero-order valence-electron chi connectivity index (χ0n) is 45.2. The lowest BCUT2D eigenvalue weighted by Gasteiger charge is -2.26. The molecule has 0 aliphatic heterocycles. The van der Waals surface area contributed by atoms with E-state index in [4.69, 9.17) is 0 Å². The van der Waals surface area contributed by atoms with Gasteiger partial charge in [-0.3, -0.25) is 0 Å². The molecule has 0 bridgehead atoms. The first-order valence-electron chi connectivity index (χ1n) is 28.7. The second-order valence-corrected chi connectivity index (χ2v) is 24.5. The maximum Gasteiger partial charge on any atom is 0.0640 e. The molecule has 0 amide bonds. The fourth-order valence-electron chi connectivity index (χ4n) is 14.3. The Balaban J connectivity index is 0.726. The molecular weight excluding hydrogens is 1060 g/mol. The van der Waals surface area contributed by atoms with Crippen LogP contribution >= 0.6 is 22.7 Å². The molecule has 84 heavy (non-hydrogen) atoms. The highest BCUT2D eigenvalue weighted by Gasteiger charge is 2.25. The van der Waals surface area contributed by atoms with Crippen molar-refractivity contribution in [2.45, 2.75) is 0 Å². The number of nitrogens with zero attached hydrogens (tertiary/aromatic N) is 4. The lowest BCUT2D eigenvalue weighted by atomic mass is 10.00. The number of thiophene rings is 2. The van der Waals surface area contributed by atoms with Crippen LogP contribution in [0.1, 0.15) is 0 Å². The van der Waals surface area contributed by atoms with E-state index in [1.807, 2.05) is 22.7 Å². The third-order valence-corrected chi connectivity index (χ3v) is 20.3. The van der Waals surface area contributed by atoms with Gasteiger partial charge in [-0.05, 0) is 131 Å². The molecule has 0 atom stereocenters. The van der Waals surface area contributed by atoms with Crippen molar-refractivity contribution in [1.29, 1.82) is 0 Å². The third-order valence-electron chi connectivity index (χ3n) is 17.9. The van der Waals surface area contributed by atoms with E-state index in [9.17, 15) is 0 Å². The predicted octanol–water partition coefficient (Wildman–Crippen LogP) is 23.0. The average molecular weight is 1100 g/mol. The van der Waals surface area contributed by atoms with Crippen LogP contribution < -0.4 is 9.80 Å². The van der Waals surface area contributed by atoms with Gasteiger partial charge in [0, 0.05) is 96.8 Å². The van der Waals surface area contributed by atoms with Crippen LogP contribution in [-0.4, -0.2) is 8.80 Å². The Morgan fingerprint density at radius 3 is 1.02 bits per heavy atom. The Kier molecular flexibility index (Phi) is 9.62. The third kappa shape index (κ3) is 6.52. The van der Waals surface area contributed by atoms with Crippen LogP contribution in [0.3, 0.4) is 0 Å². The van der Waals surface area contributed by atoms with E-state index in [2.05, 4.69) is 298 Å². The molecule has 0 aliphatic rings. The van der Waals surface area contributed by atoms with Crippen LogP contribution in [0.15, 0.2) is 279 Å². The van der Waals surface area contributed by atoms with Crippen molar-refractivity contribution in [3.05, 3.63) is 279 Å². The summed E-state index contributed by atoms with van der Waals surface area (Å²) >= 11 is 3.74. The summed E-state index contributed by atoms with van der Waals surface area (Å²) in [6.07, 6.45) is 0. The van der Waals surface area contributed by atoms with Gasteiger partial charge in [0.2, 0.25) is 0 Å². The van der Waals surface area contributed by atoms with E-state index in [-0.39, 0.29) is 0 Å². The molecule has 0 aliphatic carbocycles. The molecule has 6 aromatic heterocycles. The molecule has 0 radical (unpaired) electrons. The normalized spacial score (nSPS) is 12.3. The Morgan fingerprint density at radius 1 is 0.226 bits per heavy atom. The smallest absolute Gasteiger partial charge is 0.0640 e. The minimum atomic E-state index is 1.12.